The van der Waals surface area contributed by atoms with Crippen LogP contribution in [0, 0.1) is 10.1 Å². The smallest absolute Gasteiger partial charge is 0.432 e. The Balaban J connectivity index is 0.000000276. The summed E-state index contributed by atoms with van der Waals surface area (Å²) in [6.45, 7) is 3.09. The Morgan fingerprint density at radius 3 is 1.93 bits per heavy atom. The average Bonchev–Trinajstić information content (AvgIpc) is 3.64. The standard InChI is InChI=1S/C21H17F3N4O3.C9H12N4O.C5H3ClN2O2.2CH4/c22-21(23,24)19-18(31-20(27-19)14-4-2-1-3-5-14)15(29)10-13-6-7-16(26-11-13)28-9-8-25-17(30)12-28;10-7-1-2-8(12-5-7)13-4-3-11-9(14)6-13;6-5-2-1-4(3-7-5)8(9)10;;/h1-7,11H,8-10,12H2,(H,25,30);1-2,5H,3-4,6,10H2,(H,11,14);1-3H;2*1H4. The number of anilines is 3. The van der Waals surface area contributed by atoms with Gasteiger partial charge in [0.05, 0.1) is 29.9 Å². The molecule has 4 N–H and O–H groups in total. The molecule has 57 heavy (non-hydrogen) atoms. The molecule has 0 unspecified atom stereocenters. The van der Waals surface area contributed by atoms with E-state index in [1.807, 2.05) is 11.0 Å². The number of aromatic nitrogens is 4. The molecule has 7 rings (SSSR count). The number of hydrogen-bond donors (Lipinski definition) is 3. The zero-order chi connectivity index (χ0) is 39.5. The van der Waals surface area contributed by atoms with Crippen molar-refractivity contribution in [3.63, 3.8) is 0 Å². The molecule has 2 amide bonds. The first kappa shape index (κ1) is 44.8. The summed E-state index contributed by atoms with van der Waals surface area (Å²) in [5.74, 6) is -0.686. The van der Waals surface area contributed by atoms with E-state index in [1.165, 1.54) is 18.3 Å². The van der Waals surface area contributed by atoms with E-state index in [2.05, 4.69) is 30.6 Å². The number of nitrogens with zero attached hydrogens (tertiary/aromatic N) is 7. The third kappa shape index (κ3) is 12.7. The van der Waals surface area contributed by atoms with Crippen LogP contribution in [-0.2, 0) is 22.2 Å². The Morgan fingerprint density at radius 2 is 1.46 bits per heavy atom. The molecule has 0 radical (unpaired) electrons. The number of oxazole rings is 1. The second-order valence-corrected chi connectivity index (χ2v) is 12.2. The number of halogens is 4. The summed E-state index contributed by atoms with van der Waals surface area (Å²) in [6, 6.07) is 17.6. The fourth-order valence-electron chi connectivity index (χ4n) is 5.11. The molecule has 2 saturated heterocycles. The number of nitrogen functional groups attached to an aromatic ring is 1. The second-order valence-electron chi connectivity index (χ2n) is 11.8. The number of nitrogens with one attached hydrogen (secondary N) is 2. The lowest BCUT2D eigenvalue weighted by Crippen LogP contribution is -2.48. The third-order valence-corrected chi connectivity index (χ3v) is 7.99. The summed E-state index contributed by atoms with van der Waals surface area (Å²) in [5.41, 5.74) is 5.51. The van der Waals surface area contributed by atoms with Crippen LogP contribution < -0.4 is 26.2 Å². The molecule has 1 aromatic carbocycles. The lowest BCUT2D eigenvalue weighted by Gasteiger charge is -2.27. The first-order valence-electron chi connectivity index (χ1n) is 16.4. The van der Waals surface area contributed by atoms with E-state index in [0.717, 1.165) is 18.6 Å². The van der Waals surface area contributed by atoms with Gasteiger partial charge < -0.3 is 30.6 Å². The summed E-state index contributed by atoms with van der Waals surface area (Å²) in [6.07, 6.45) is -1.05. The first-order chi connectivity index (χ1) is 26.3. The highest BCUT2D eigenvalue weighted by Gasteiger charge is 2.41. The van der Waals surface area contributed by atoms with Gasteiger partial charge in [-0.25, -0.2) is 19.9 Å². The van der Waals surface area contributed by atoms with Crippen molar-refractivity contribution >= 4 is 52.2 Å². The molecule has 5 aromatic rings. The van der Waals surface area contributed by atoms with Gasteiger partial charge in [-0.3, -0.25) is 24.5 Å². The van der Waals surface area contributed by atoms with Crippen molar-refractivity contribution in [3.8, 4) is 11.5 Å². The molecular weight excluding hydrogens is 773 g/mol. The van der Waals surface area contributed by atoms with Crippen molar-refractivity contribution in [2.75, 3.05) is 54.8 Å². The number of nitrogens with two attached hydrogens (primary N) is 1. The van der Waals surface area contributed by atoms with Crippen LogP contribution in [0.2, 0.25) is 5.15 Å². The molecule has 16 nitrogen and oxygen atoms in total. The van der Waals surface area contributed by atoms with Crippen LogP contribution >= 0.6 is 11.6 Å². The zero-order valence-corrected chi connectivity index (χ0v) is 29.5. The number of carbonyl (C=O) groups excluding carboxylic acids is 3. The Morgan fingerprint density at radius 1 is 0.860 bits per heavy atom. The largest absolute Gasteiger partial charge is 0.437 e. The first-order valence-corrected chi connectivity index (χ1v) is 16.8. The van der Waals surface area contributed by atoms with Crippen molar-refractivity contribution < 1.29 is 36.9 Å². The van der Waals surface area contributed by atoms with Crippen molar-refractivity contribution in [1.29, 1.82) is 0 Å². The topological polar surface area (TPSA) is 216 Å². The highest BCUT2D eigenvalue weighted by molar-refractivity contribution is 6.29. The van der Waals surface area contributed by atoms with Crippen molar-refractivity contribution in [2.45, 2.75) is 27.5 Å². The average molecular weight is 813 g/mol. The van der Waals surface area contributed by atoms with E-state index in [9.17, 15) is 37.7 Å². The van der Waals surface area contributed by atoms with E-state index < -0.39 is 28.3 Å². The van der Waals surface area contributed by atoms with Gasteiger partial charge in [-0.15, -0.1) is 0 Å². The van der Waals surface area contributed by atoms with Gasteiger partial charge in [0.1, 0.15) is 23.0 Å². The Labute approximate surface area is 330 Å². The molecule has 0 saturated carbocycles. The number of nitro groups is 1. The van der Waals surface area contributed by atoms with E-state index in [-0.39, 0.29) is 56.4 Å². The molecule has 6 heterocycles. The van der Waals surface area contributed by atoms with Crippen LogP contribution in [0.25, 0.3) is 11.5 Å². The number of ketones is 1. The van der Waals surface area contributed by atoms with Gasteiger partial charge in [0.2, 0.25) is 29.2 Å². The molecule has 0 spiro atoms. The van der Waals surface area contributed by atoms with Crippen LogP contribution in [0.3, 0.4) is 0 Å². The number of benzene rings is 1. The molecule has 2 aliphatic rings. The second kappa shape index (κ2) is 20.3. The fourth-order valence-corrected chi connectivity index (χ4v) is 5.22. The number of alkyl halides is 3. The van der Waals surface area contributed by atoms with Crippen molar-refractivity contribution in [2.24, 2.45) is 0 Å². The number of amides is 2. The monoisotopic (exact) mass is 812 g/mol. The van der Waals surface area contributed by atoms with E-state index in [4.69, 9.17) is 21.8 Å². The molecule has 0 atom stereocenters. The minimum absolute atomic E-state index is 0. The van der Waals surface area contributed by atoms with Crippen LogP contribution in [0.5, 0.6) is 0 Å². The maximum Gasteiger partial charge on any atom is 0.437 e. The van der Waals surface area contributed by atoms with Gasteiger partial charge in [0.25, 0.3) is 5.69 Å². The molecule has 302 valence electrons. The van der Waals surface area contributed by atoms with E-state index >= 15 is 0 Å². The number of pyridine rings is 3. The zero-order valence-electron chi connectivity index (χ0n) is 28.7. The molecule has 2 aliphatic heterocycles. The lowest BCUT2D eigenvalue weighted by molar-refractivity contribution is -0.385. The summed E-state index contributed by atoms with van der Waals surface area (Å²) in [4.78, 5) is 63.9. The fraction of sp³-hybridized carbons (Fsp3) is 0.270. The SMILES string of the molecule is C.C.Nc1ccc(N2CCNC(=O)C2)nc1.O=C1CN(c2ccc(CC(=O)c3oc(-c4ccccc4)nc3C(F)(F)F)cn2)CCN1.O=[N+]([O-])c1ccc(Cl)nc1. The van der Waals surface area contributed by atoms with Gasteiger partial charge in [0, 0.05) is 50.4 Å². The minimum Gasteiger partial charge on any atom is -0.432 e. The number of Topliss-reactive ketones (excluding diaryl/α,β-unsaturated/α-hetero) is 1. The Kier molecular flexibility index (Phi) is 16.0. The third-order valence-electron chi connectivity index (χ3n) is 7.76. The molecule has 4 aromatic heterocycles. The van der Waals surface area contributed by atoms with Crippen molar-refractivity contribution in [1.82, 2.24) is 30.6 Å². The quantitative estimate of drug-likeness (QED) is 0.0787. The minimum atomic E-state index is -4.83. The van der Waals surface area contributed by atoms with Crippen LogP contribution in [0.4, 0.5) is 36.2 Å². The summed E-state index contributed by atoms with van der Waals surface area (Å²) in [5, 5.41) is 15.8. The maximum absolute atomic E-state index is 13.4. The van der Waals surface area contributed by atoms with Gasteiger partial charge in [-0.05, 0) is 42.0 Å². The highest BCUT2D eigenvalue weighted by atomic mass is 35.5. The Bertz CT molecular complexity index is 2100. The molecule has 20 heteroatoms. The number of piperazine rings is 2. The van der Waals surface area contributed by atoms with Crippen molar-refractivity contribution in [3.05, 3.63) is 118 Å². The van der Waals surface area contributed by atoms with Crippen LogP contribution in [0.15, 0.2) is 89.7 Å². The number of carbonyl (C=O) groups is 3. The highest BCUT2D eigenvalue weighted by Crippen LogP contribution is 2.35. The van der Waals surface area contributed by atoms with E-state index in [0.29, 0.717) is 48.8 Å². The molecule has 2 fully saturated rings. The van der Waals surface area contributed by atoms with Gasteiger partial charge >= 0.3 is 6.18 Å². The van der Waals surface area contributed by atoms with E-state index in [1.54, 1.807) is 59.6 Å². The normalized spacial score (nSPS) is 13.5. The predicted octanol–water partition coefficient (Wildman–Crippen LogP) is 5.63. The molecule has 0 bridgehead atoms. The summed E-state index contributed by atoms with van der Waals surface area (Å²) in [7, 11) is 0. The summed E-state index contributed by atoms with van der Waals surface area (Å²) < 4.78 is 45.6. The number of hydrogen-bond acceptors (Lipinski definition) is 13. The van der Waals surface area contributed by atoms with Gasteiger partial charge in [0.15, 0.2) is 5.69 Å². The molecular formula is C37H40ClF3N10O6. The Hall–Kier alpha value is -6.63. The van der Waals surface area contributed by atoms with Crippen LogP contribution in [0.1, 0.15) is 36.7 Å². The van der Waals surface area contributed by atoms with Gasteiger partial charge in [-0.1, -0.05) is 50.7 Å². The van der Waals surface area contributed by atoms with Gasteiger partial charge in [-0.2, -0.15) is 13.2 Å². The number of rotatable bonds is 7. The summed E-state index contributed by atoms with van der Waals surface area (Å²) >= 11 is 5.38. The lowest BCUT2D eigenvalue weighted by atomic mass is 10.1. The maximum atomic E-state index is 13.4. The predicted molar refractivity (Wildman–Crippen MR) is 208 cm³/mol. The molecule has 0 aliphatic carbocycles. The van der Waals surface area contributed by atoms with Crippen LogP contribution in [-0.4, -0.2) is 81.7 Å².